The molecule has 1 saturated heterocycles. The molecule has 2 N–H and O–H groups in total. The Kier molecular flexibility index (Phi) is 3.90. The van der Waals surface area contributed by atoms with Crippen molar-refractivity contribution in [2.75, 3.05) is 19.6 Å². The Morgan fingerprint density at radius 3 is 3.25 bits per heavy atom. The maximum atomic E-state index is 10.9. The van der Waals surface area contributed by atoms with E-state index in [4.69, 9.17) is 5.73 Å². The predicted molar refractivity (Wildman–Crippen MR) is 64.2 cm³/mol. The van der Waals surface area contributed by atoms with Gasteiger partial charge >= 0.3 is 0 Å². The highest BCUT2D eigenvalue weighted by Crippen LogP contribution is 2.21. The number of hydrogen-bond acceptors (Lipinski definition) is 4. The summed E-state index contributed by atoms with van der Waals surface area (Å²) in [5.41, 5.74) is 5.21. The van der Waals surface area contributed by atoms with Crippen LogP contribution in [0, 0.1) is 5.92 Å². The molecule has 4 nitrogen and oxygen atoms in total. The molecule has 1 aliphatic rings. The normalized spacial score (nSPS) is 22.1. The van der Waals surface area contributed by atoms with Gasteiger partial charge in [0.2, 0.25) is 5.91 Å². The van der Waals surface area contributed by atoms with Crippen molar-refractivity contribution in [1.82, 2.24) is 9.88 Å². The monoisotopic (exact) mass is 239 g/mol. The topological polar surface area (TPSA) is 59.2 Å². The van der Waals surface area contributed by atoms with Gasteiger partial charge < -0.3 is 5.73 Å². The van der Waals surface area contributed by atoms with E-state index in [1.807, 2.05) is 11.6 Å². The molecule has 0 unspecified atom stereocenters. The third-order valence-electron chi connectivity index (χ3n) is 2.93. The Bertz CT molecular complexity index is 339. The highest BCUT2D eigenvalue weighted by molar-refractivity contribution is 7.09. The zero-order chi connectivity index (χ0) is 11.4. The number of primary amides is 1. The molecule has 0 aromatic carbocycles. The lowest BCUT2D eigenvalue weighted by Gasteiger charge is -2.31. The highest BCUT2D eigenvalue weighted by atomic mass is 32.1. The van der Waals surface area contributed by atoms with Gasteiger partial charge in [0.05, 0.1) is 11.6 Å². The first-order valence-electron chi connectivity index (χ1n) is 5.63. The highest BCUT2D eigenvalue weighted by Gasteiger charge is 2.21. The zero-order valence-corrected chi connectivity index (χ0v) is 10.1. The van der Waals surface area contributed by atoms with E-state index in [1.54, 1.807) is 11.3 Å². The average molecular weight is 239 g/mol. The minimum Gasteiger partial charge on any atom is -0.369 e. The lowest BCUT2D eigenvalue weighted by molar-refractivity contribution is -0.119. The Labute approximate surface area is 99.5 Å². The number of likely N-dealkylation sites (tertiary alicyclic amines) is 1. The number of amides is 1. The lowest BCUT2D eigenvalue weighted by Crippen LogP contribution is -2.41. The molecule has 1 atom stereocenters. The SMILES string of the molecule is NC(=O)CN1CCC[C@@H](Cc2nccs2)C1. The standard InChI is InChI=1S/C11H17N3OS/c12-10(15)8-14-4-1-2-9(7-14)6-11-13-3-5-16-11/h3,5,9H,1-2,4,6-8H2,(H2,12,15)/t9-/m0/s1. The van der Waals surface area contributed by atoms with E-state index in [9.17, 15) is 4.79 Å². The molecule has 0 saturated carbocycles. The van der Waals surface area contributed by atoms with Crippen LogP contribution in [0.2, 0.25) is 0 Å². The molecule has 0 bridgehead atoms. The van der Waals surface area contributed by atoms with Crippen molar-refractivity contribution in [2.45, 2.75) is 19.3 Å². The molecule has 1 aliphatic heterocycles. The zero-order valence-electron chi connectivity index (χ0n) is 9.26. The van der Waals surface area contributed by atoms with Crippen molar-refractivity contribution in [3.63, 3.8) is 0 Å². The van der Waals surface area contributed by atoms with Crippen molar-refractivity contribution in [3.05, 3.63) is 16.6 Å². The van der Waals surface area contributed by atoms with Crippen LogP contribution in [0.5, 0.6) is 0 Å². The summed E-state index contributed by atoms with van der Waals surface area (Å²) in [6.45, 7) is 2.37. The van der Waals surface area contributed by atoms with Crippen molar-refractivity contribution < 1.29 is 4.79 Å². The molecule has 0 spiro atoms. The third kappa shape index (κ3) is 3.28. The number of hydrogen-bond donors (Lipinski definition) is 1. The molecule has 1 amide bonds. The summed E-state index contributed by atoms with van der Waals surface area (Å²) in [5.74, 6) is 0.397. The van der Waals surface area contributed by atoms with Gasteiger partial charge in [-0.05, 0) is 25.3 Å². The average Bonchev–Trinajstić information content (AvgIpc) is 2.70. The number of carbonyl (C=O) groups is 1. The fraction of sp³-hybridized carbons (Fsp3) is 0.636. The van der Waals surface area contributed by atoms with E-state index in [-0.39, 0.29) is 5.91 Å². The van der Waals surface area contributed by atoms with Gasteiger partial charge in [0.1, 0.15) is 0 Å². The van der Waals surface area contributed by atoms with Gasteiger partial charge in [-0.3, -0.25) is 9.69 Å². The summed E-state index contributed by atoms with van der Waals surface area (Å²) in [6, 6.07) is 0. The Morgan fingerprint density at radius 2 is 2.56 bits per heavy atom. The largest absolute Gasteiger partial charge is 0.369 e. The number of nitrogens with zero attached hydrogens (tertiary/aromatic N) is 2. The van der Waals surface area contributed by atoms with Crippen LogP contribution in [0.1, 0.15) is 17.8 Å². The van der Waals surface area contributed by atoms with Gasteiger partial charge in [0.25, 0.3) is 0 Å². The summed E-state index contributed by atoms with van der Waals surface area (Å²) >= 11 is 1.71. The fourth-order valence-electron chi connectivity index (χ4n) is 2.28. The van der Waals surface area contributed by atoms with Crippen LogP contribution in [0.3, 0.4) is 0 Å². The van der Waals surface area contributed by atoms with E-state index < -0.39 is 0 Å². The quantitative estimate of drug-likeness (QED) is 0.848. The van der Waals surface area contributed by atoms with Gasteiger partial charge in [-0.15, -0.1) is 11.3 Å². The molecule has 5 heteroatoms. The summed E-state index contributed by atoms with van der Waals surface area (Å²) in [4.78, 5) is 17.3. The van der Waals surface area contributed by atoms with Gasteiger partial charge in [-0.1, -0.05) is 0 Å². The Morgan fingerprint density at radius 1 is 1.69 bits per heavy atom. The molecule has 0 radical (unpaired) electrons. The van der Waals surface area contributed by atoms with Gasteiger partial charge in [0.15, 0.2) is 0 Å². The second-order valence-corrected chi connectivity index (χ2v) is 5.32. The van der Waals surface area contributed by atoms with E-state index in [2.05, 4.69) is 9.88 Å². The maximum absolute atomic E-state index is 10.9. The number of thiazole rings is 1. The van der Waals surface area contributed by atoms with E-state index in [0.29, 0.717) is 12.5 Å². The molecular weight excluding hydrogens is 222 g/mol. The maximum Gasteiger partial charge on any atom is 0.231 e. The van der Waals surface area contributed by atoms with Crippen molar-refractivity contribution in [2.24, 2.45) is 11.7 Å². The van der Waals surface area contributed by atoms with E-state index in [1.165, 1.54) is 11.4 Å². The fourth-order valence-corrected chi connectivity index (χ4v) is 3.02. The molecule has 1 fully saturated rings. The minimum absolute atomic E-state index is 0.227. The number of piperidine rings is 1. The summed E-state index contributed by atoms with van der Waals surface area (Å²) in [7, 11) is 0. The van der Waals surface area contributed by atoms with Crippen LogP contribution in [-0.2, 0) is 11.2 Å². The van der Waals surface area contributed by atoms with Gasteiger partial charge in [-0.25, -0.2) is 4.98 Å². The number of aromatic nitrogens is 1. The second kappa shape index (κ2) is 5.41. The van der Waals surface area contributed by atoms with Gasteiger partial charge in [0, 0.05) is 24.5 Å². The summed E-state index contributed by atoms with van der Waals surface area (Å²) < 4.78 is 0. The molecule has 1 aromatic rings. The first-order chi connectivity index (χ1) is 7.74. The Balaban J connectivity index is 1.84. The lowest BCUT2D eigenvalue weighted by atomic mass is 9.95. The van der Waals surface area contributed by atoms with Crippen LogP contribution in [-0.4, -0.2) is 35.4 Å². The van der Waals surface area contributed by atoms with Crippen LogP contribution in [0.15, 0.2) is 11.6 Å². The summed E-state index contributed by atoms with van der Waals surface area (Å²) in [5, 5.41) is 3.21. The molecule has 2 rings (SSSR count). The smallest absolute Gasteiger partial charge is 0.231 e. The second-order valence-electron chi connectivity index (χ2n) is 4.34. The van der Waals surface area contributed by atoms with Crippen LogP contribution >= 0.6 is 11.3 Å². The third-order valence-corrected chi connectivity index (χ3v) is 3.73. The summed E-state index contributed by atoms with van der Waals surface area (Å²) in [6.07, 6.45) is 5.27. The number of carbonyl (C=O) groups excluding carboxylic acids is 1. The molecule has 88 valence electrons. The molecule has 16 heavy (non-hydrogen) atoms. The van der Waals surface area contributed by atoms with Crippen LogP contribution < -0.4 is 5.73 Å². The predicted octanol–water partition coefficient (Wildman–Crippen LogP) is 0.883. The first-order valence-corrected chi connectivity index (χ1v) is 6.51. The van der Waals surface area contributed by atoms with Crippen molar-refractivity contribution in [3.8, 4) is 0 Å². The van der Waals surface area contributed by atoms with E-state index in [0.717, 1.165) is 25.9 Å². The first kappa shape index (κ1) is 11.5. The number of nitrogens with two attached hydrogens (primary N) is 1. The molecule has 1 aromatic heterocycles. The molecule has 2 heterocycles. The Hall–Kier alpha value is -0.940. The van der Waals surface area contributed by atoms with Crippen molar-refractivity contribution in [1.29, 1.82) is 0 Å². The number of rotatable bonds is 4. The van der Waals surface area contributed by atoms with Crippen LogP contribution in [0.4, 0.5) is 0 Å². The van der Waals surface area contributed by atoms with E-state index >= 15 is 0 Å². The molecular formula is C11H17N3OS. The van der Waals surface area contributed by atoms with Crippen molar-refractivity contribution >= 4 is 17.2 Å². The molecule has 0 aliphatic carbocycles. The van der Waals surface area contributed by atoms with Gasteiger partial charge in [-0.2, -0.15) is 0 Å². The van der Waals surface area contributed by atoms with Crippen LogP contribution in [0.25, 0.3) is 0 Å². The minimum atomic E-state index is -0.227.